The second-order valence-corrected chi connectivity index (χ2v) is 3.59. The maximum absolute atomic E-state index is 11.3. The first-order valence-corrected chi connectivity index (χ1v) is 4.54. The van der Waals surface area contributed by atoms with E-state index in [0.717, 1.165) is 12.2 Å². The van der Waals surface area contributed by atoms with Crippen LogP contribution in [0.15, 0.2) is 6.07 Å². The van der Waals surface area contributed by atoms with Crippen molar-refractivity contribution >= 4 is 5.91 Å². The maximum atomic E-state index is 11.3. The zero-order valence-electron chi connectivity index (χ0n) is 7.87. The normalized spacial score (nSPS) is 15.8. The van der Waals surface area contributed by atoms with Gasteiger partial charge in [0.05, 0.1) is 12.2 Å². The van der Waals surface area contributed by atoms with Crippen molar-refractivity contribution in [1.82, 2.24) is 15.1 Å². The molecule has 0 saturated carbocycles. The maximum Gasteiger partial charge on any atom is 0.269 e. The number of aromatic nitrogens is 2. The van der Waals surface area contributed by atoms with Gasteiger partial charge in [0.25, 0.3) is 5.91 Å². The largest absolute Gasteiger partial charge is 0.349 e. The molecule has 4 heteroatoms. The Morgan fingerprint density at radius 1 is 1.62 bits per heavy atom. The Morgan fingerprint density at radius 3 is 3.00 bits per heavy atom. The van der Waals surface area contributed by atoms with Crippen LogP contribution in [0.3, 0.4) is 0 Å². The van der Waals surface area contributed by atoms with E-state index in [0.29, 0.717) is 18.2 Å². The minimum absolute atomic E-state index is 0.00866. The zero-order chi connectivity index (χ0) is 9.42. The first kappa shape index (κ1) is 8.29. The Bertz CT molecular complexity index is 341. The van der Waals surface area contributed by atoms with Crippen LogP contribution in [0.1, 0.15) is 35.9 Å². The predicted molar refractivity (Wildman–Crippen MR) is 48.6 cm³/mol. The molecule has 1 N–H and O–H groups in total. The van der Waals surface area contributed by atoms with Crippen molar-refractivity contribution in [2.45, 2.75) is 26.3 Å². The minimum atomic E-state index is -0.00866. The standard InChI is InChI=1S/C9H13N3O/c1-6(2)7-5-8-9(13)10-3-4-12(8)11-7/h5-6H,3-4H2,1-2H3,(H,10,13). The molecule has 0 aromatic carbocycles. The van der Waals surface area contributed by atoms with Gasteiger partial charge in [-0.15, -0.1) is 0 Å². The smallest absolute Gasteiger partial charge is 0.269 e. The van der Waals surface area contributed by atoms with Crippen LogP contribution >= 0.6 is 0 Å². The fourth-order valence-electron chi connectivity index (χ4n) is 1.44. The molecule has 0 unspecified atom stereocenters. The average molecular weight is 179 g/mol. The van der Waals surface area contributed by atoms with Crippen LogP contribution in [-0.4, -0.2) is 22.2 Å². The number of fused-ring (bicyclic) bond motifs is 1. The fourth-order valence-corrected chi connectivity index (χ4v) is 1.44. The summed E-state index contributed by atoms with van der Waals surface area (Å²) in [6, 6.07) is 1.87. The summed E-state index contributed by atoms with van der Waals surface area (Å²) in [4.78, 5) is 11.3. The van der Waals surface area contributed by atoms with Crippen LogP contribution in [-0.2, 0) is 6.54 Å². The lowest BCUT2D eigenvalue weighted by atomic mass is 10.1. The molecule has 1 aliphatic rings. The Kier molecular flexibility index (Phi) is 1.83. The second-order valence-electron chi connectivity index (χ2n) is 3.59. The van der Waals surface area contributed by atoms with E-state index in [1.807, 2.05) is 6.07 Å². The first-order valence-electron chi connectivity index (χ1n) is 4.54. The molecule has 0 saturated heterocycles. The molecule has 1 aromatic heterocycles. The molecule has 1 aliphatic heterocycles. The third-order valence-electron chi connectivity index (χ3n) is 2.23. The zero-order valence-corrected chi connectivity index (χ0v) is 7.87. The third kappa shape index (κ3) is 1.32. The molecule has 2 rings (SSSR count). The van der Waals surface area contributed by atoms with E-state index in [9.17, 15) is 4.79 Å². The van der Waals surface area contributed by atoms with E-state index in [4.69, 9.17) is 0 Å². The van der Waals surface area contributed by atoms with E-state index in [2.05, 4.69) is 24.3 Å². The van der Waals surface area contributed by atoms with Gasteiger partial charge >= 0.3 is 0 Å². The number of nitrogens with one attached hydrogen (secondary N) is 1. The number of carbonyl (C=O) groups excluding carboxylic acids is 1. The Morgan fingerprint density at radius 2 is 2.38 bits per heavy atom. The van der Waals surface area contributed by atoms with Gasteiger partial charge in [-0.3, -0.25) is 9.48 Å². The highest BCUT2D eigenvalue weighted by Crippen LogP contribution is 2.15. The van der Waals surface area contributed by atoms with E-state index in [1.54, 1.807) is 4.68 Å². The fraction of sp³-hybridized carbons (Fsp3) is 0.556. The molecular formula is C9H13N3O. The van der Waals surface area contributed by atoms with Gasteiger partial charge in [-0.1, -0.05) is 13.8 Å². The summed E-state index contributed by atoms with van der Waals surface area (Å²) in [5.74, 6) is 0.372. The summed E-state index contributed by atoms with van der Waals surface area (Å²) in [6.07, 6.45) is 0. The number of carbonyl (C=O) groups is 1. The number of rotatable bonds is 1. The highest BCUT2D eigenvalue weighted by molar-refractivity contribution is 5.93. The van der Waals surface area contributed by atoms with Crippen LogP contribution in [0.4, 0.5) is 0 Å². The van der Waals surface area contributed by atoms with Gasteiger partial charge in [-0.25, -0.2) is 0 Å². The molecule has 0 bridgehead atoms. The van der Waals surface area contributed by atoms with Crippen LogP contribution in [0.5, 0.6) is 0 Å². The monoisotopic (exact) mass is 179 g/mol. The predicted octanol–water partition coefficient (Wildman–Crippen LogP) is 0.750. The summed E-state index contributed by atoms with van der Waals surface area (Å²) in [5.41, 5.74) is 1.68. The Hall–Kier alpha value is -1.32. The highest BCUT2D eigenvalue weighted by atomic mass is 16.2. The van der Waals surface area contributed by atoms with Crippen LogP contribution in [0.25, 0.3) is 0 Å². The van der Waals surface area contributed by atoms with Gasteiger partial charge in [0.15, 0.2) is 0 Å². The summed E-state index contributed by atoms with van der Waals surface area (Å²) < 4.78 is 1.79. The average Bonchev–Trinajstić information content (AvgIpc) is 2.49. The lowest BCUT2D eigenvalue weighted by molar-refractivity contribution is 0.0924. The van der Waals surface area contributed by atoms with Gasteiger partial charge in [0, 0.05) is 6.54 Å². The van der Waals surface area contributed by atoms with Gasteiger partial charge in [-0.05, 0) is 12.0 Å². The quantitative estimate of drug-likeness (QED) is 0.691. The van der Waals surface area contributed by atoms with E-state index in [-0.39, 0.29) is 5.91 Å². The van der Waals surface area contributed by atoms with Gasteiger partial charge in [0.1, 0.15) is 5.69 Å². The summed E-state index contributed by atoms with van der Waals surface area (Å²) >= 11 is 0. The lowest BCUT2D eigenvalue weighted by Gasteiger charge is -2.13. The van der Waals surface area contributed by atoms with Crippen molar-refractivity contribution in [3.63, 3.8) is 0 Å². The van der Waals surface area contributed by atoms with E-state index in [1.165, 1.54) is 0 Å². The number of amides is 1. The molecule has 1 aromatic rings. The molecule has 0 fully saturated rings. The molecule has 0 spiro atoms. The Balaban J connectivity index is 2.42. The number of hydrogen-bond acceptors (Lipinski definition) is 2. The molecule has 0 radical (unpaired) electrons. The molecule has 0 atom stereocenters. The van der Waals surface area contributed by atoms with Crippen LogP contribution in [0, 0.1) is 0 Å². The van der Waals surface area contributed by atoms with E-state index >= 15 is 0 Å². The molecule has 13 heavy (non-hydrogen) atoms. The lowest BCUT2D eigenvalue weighted by Crippen LogP contribution is -2.35. The van der Waals surface area contributed by atoms with Crippen LogP contribution < -0.4 is 5.32 Å². The SMILES string of the molecule is CC(C)c1cc2n(n1)CCNC2=O. The molecular weight excluding hydrogens is 166 g/mol. The molecule has 1 amide bonds. The van der Waals surface area contributed by atoms with Crippen molar-refractivity contribution in [2.24, 2.45) is 0 Å². The van der Waals surface area contributed by atoms with Crippen molar-refractivity contribution in [2.75, 3.05) is 6.54 Å². The van der Waals surface area contributed by atoms with Crippen molar-refractivity contribution in [3.8, 4) is 0 Å². The van der Waals surface area contributed by atoms with Crippen molar-refractivity contribution < 1.29 is 4.79 Å². The summed E-state index contributed by atoms with van der Waals surface area (Å²) in [7, 11) is 0. The first-order chi connectivity index (χ1) is 6.18. The minimum Gasteiger partial charge on any atom is -0.349 e. The van der Waals surface area contributed by atoms with Crippen LogP contribution in [0.2, 0.25) is 0 Å². The number of hydrogen-bond donors (Lipinski definition) is 1. The molecule has 70 valence electrons. The van der Waals surface area contributed by atoms with Gasteiger partial charge < -0.3 is 5.32 Å². The van der Waals surface area contributed by atoms with Crippen molar-refractivity contribution in [3.05, 3.63) is 17.5 Å². The van der Waals surface area contributed by atoms with Gasteiger partial charge in [0.2, 0.25) is 0 Å². The Labute approximate surface area is 76.9 Å². The number of nitrogens with zero attached hydrogens (tertiary/aromatic N) is 2. The molecule has 2 heterocycles. The molecule has 0 aliphatic carbocycles. The highest BCUT2D eigenvalue weighted by Gasteiger charge is 2.19. The van der Waals surface area contributed by atoms with E-state index < -0.39 is 0 Å². The third-order valence-corrected chi connectivity index (χ3v) is 2.23. The summed E-state index contributed by atoms with van der Waals surface area (Å²) in [5, 5.41) is 7.15. The van der Waals surface area contributed by atoms with Crippen molar-refractivity contribution in [1.29, 1.82) is 0 Å². The van der Waals surface area contributed by atoms with Gasteiger partial charge in [-0.2, -0.15) is 5.10 Å². The summed E-state index contributed by atoms with van der Waals surface area (Å²) in [6.45, 7) is 5.62. The molecule has 4 nitrogen and oxygen atoms in total. The topological polar surface area (TPSA) is 46.9 Å². The second kappa shape index (κ2) is 2.87.